The van der Waals surface area contributed by atoms with E-state index in [-0.39, 0.29) is 22.3 Å². The van der Waals surface area contributed by atoms with Gasteiger partial charge in [-0.15, -0.1) is 10.2 Å². The highest BCUT2D eigenvalue weighted by atomic mass is 35.5. The molecular weight excluding hydrogens is 180 g/mol. The molecule has 0 fully saturated rings. The summed E-state index contributed by atoms with van der Waals surface area (Å²) in [4.78, 5) is 0. The summed E-state index contributed by atoms with van der Waals surface area (Å²) in [5.74, 6) is 0.119. The number of methoxy groups -OCH3 is 1. The molecule has 0 radical (unpaired) electrons. The molecule has 0 unspecified atom stereocenters. The monoisotopic (exact) mass is 184 g/mol. The van der Waals surface area contributed by atoms with Gasteiger partial charge in [-0.2, -0.15) is 5.26 Å². The maximum atomic E-state index is 8.47. The zero-order valence-corrected chi connectivity index (χ0v) is 6.96. The van der Waals surface area contributed by atoms with Crippen molar-refractivity contribution in [1.29, 1.82) is 5.26 Å². The molecule has 0 amide bonds. The highest BCUT2D eigenvalue weighted by molar-refractivity contribution is 6.34. The molecule has 0 spiro atoms. The summed E-state index contributed by atoms with van der Waals surface area (Å²) in [6.45, 7) is 0. The van der Waals surface area contributed by atoms with Crippen LogP contribution in [-0.2, 0) is 0 Å². The Kier molecular flexibility index (Phi) is 2.31. The number of nitriles is 1. The van der Waals surface area contributed by atoms with E-state index in [1.54, 1.807) is 6.07 Å². The Labute approximate surface area is 73.7 Å². The number of hydrogen-bond donors (Lipinski definition) is 1. The second-order valence-corrected chi connectivity index (χ2v) is 2.28. The first-order valence-corrected chi connectivity index (χ1v) is 3.34. The van der Waals surface area contributed by atoms with Crippen LogP contribution in [0.5, 0.6) is 5.88 Å². The summed E-state index contributed by atoms with van der Waals surface area (Å²) in [5.41, 5.74) is 5.52. The molecule has 0 bridgehead atoms. The van der Waals surface area contributed by atoms with Crippen molar-refractivity contribution in [1.82, 2.24) is 10.2 Å². The standard InChI is InChI=1S/C6H5ClN4O/c1-12-6-4(7)5(9)3(2-8)10-11-6/h1H3,(H2,9,11). The van der Waals surface area contributed by atoms with E-state index in [1.807, 2.05) is 0 Å². The van der Waals surface area contributed by atoms with Gasteiger partial charge in [-0.25, -0.2) is 0 Å². The smallest absolute Gasteiger partial charge is 0.254 e. The van der Waals surface area contributed by atoms with Crippen molar-refractivity contribution in [3.8, 4) is 11.9 Å². The van der Waals surface area contributed by atoms with Crippen molar-refractivity contribution in [3.63, 3.8) is 0 Å². The maximum Gasteiger partial charge on any atom is 0.254 e. The predicted octanol–water partition coefficient (Wildman–Crippen LogP) is 0.592. The van der Waals surface area contributed by atoms with Gasteiger partial charge in [0.05, 0.1) is 12.8 Å². The Bertz CT molecular complexity index is 346. The number of hydrogen-bond acceptors (Lipinski definition) is 5. The number of nitrogens with two attached hydrogens (primary N) is 1. The van der Waals surface area contributed by atoms with Crippen LogP contribution >= 0.6 is 11.6 Å². The van der Waals surface area contributed by atoms with Crippen molar-refractivity contribution in [2.45, 2.75) is 0 Å². The molecule has 0 saturated heterocycles. The van der Waals surface area contributed by atoms with E-state index in [4.69, 9.17) is 27.3 Å². The first-order chi connectivity index (χ1) is 5.70. The van der Waals surface area contributed by atoms with Crippen LogP contribution in [0.15, 0.2) is 0 Å². The first kappa shape index (κ1) is 8.56. The van der Waals surface area contributed by atoms with E-state index >= 15 is 0 Å². The molecule has 1 aromatic rings. The molecule has 2 N–H and O–H groups in total. The average molecular weight is 185 g/mol. The Morgan fingerprint density at radius 2 is 2.25 bits per heavy atom. The lowest BCUT2D eigenvalue weighted by atomic mass is 10.3. The van der Waals surface area contributed by atoms with Crippen molar-refractivity contribution >= 4 is 17.3 Å². The van der Waals surface area contributed by atoms with E-state index in [1.165, 1.54) is 7.11 Å². The van der Waals surface area contributed by atoms with Gasteiger partial charge in [0.25, 0.3) is 5.88 Å². The summed E-state index contributed by atoms with van der Waals surface area (Å²) < 4.78 is 4.73. The molecular formula is C6H5ClN4O. The van der Waals surface area contributed by atoms with Gasteiger partial charge in [0, 0.05) is 0 Å². The van der Waals surface area contributed by atoms with Crippen LogP contribution in [0, 0.1) is 11.3 Å². The largest absolute Gasteiger partial charge is 0.479 e. The summed E-state index contributed by atoms with van der Waals surface area (Å²) in [5, 5.41) is 15.6. The van der Waals surface area contributed by atoms with Crippen LogP contribution in [0.3, 0.4) is 0 Å². The lowest BCUT2D eigenvalue weighted by Crippen LogP contribution is -2.00. The Hall–Kier alpha value is -1.54. The number of nitrogen functional groups attached to an aromatic ring is 1. The molecule has 5 nitrogen and oxygen atoms in total. The third-order valence-corrected chi connectivity index (χ3v) is 1.58. The average Bonchev–Trinajstić information content (AvgIpc) is 2.10. The van der Waals surface area contributed by atoms with Crippen LogP contribution in [0.25, 0.3) is 0 Å². The Morgan fingerprint density at radius 3 is 2.75 bits per heavy atom. The van der Waals surface area contributed by atoms with Gasteiger partial charge in [0.15, 0.2) is 5.69 Å². The molecule has 12 heavy (non-hydrogen) atoms. The van der Waals surface area contributed by atoms with Crippen molar-refractivity contribution < 1.29 is 4.74 Å². The molecule has 0 aliphatic heterocycles. The van der Waals surface area contributed by atoms with Gasteiger partial charge in [-0.05, 0) is 0 Å². The van der Waals surface area contributed by atoms with E-state index in [9.17, 15) is 0 Å². The van der Waals surface area contributed by atoms with Gasteiger partial charge in [0.1, 0.15) is 11.1 Å². The van der Waals surface area contributed by atoms with E-state index in [0.717, 1.165) is 0 Å². The van der Waals surface area contributed by atoms with Crippen molar-refractivity contribution in [2.75, 3.05) is 12.8 Å². The van der Waals surface area contributed by atoms with Crippen molar-refractivity contribution in [2.24, 2.45) is 0 Å². The molecule has 1 aromatic heterocycles. The molecule has 6 heteroatoms. The third-order valence-electron chi connectivity index (χ3n) is 1.22. The number of nitrogens with zero attached hydrogens (tertiary/aromatic N) is 3. The highest BCUT2D eigenvalue weighted by Crippen LogP contribution is 2.28. The summed E-state index contributed by atoms with van der Waals surface area (Å²) in [6.07, 6.45) is 0. The Balaban J connectivity index is 3.32. The van der Waals surface area contributed by atoms with Gasteiger partial charge in [-0.1, -0.05) is 11.6 Å². The minimum Gasteiger partial charge on any atom is -0.479 e. The van der Waals surface area contributed by atoms with Crippen LogP contribution in [0.1, 0.15) is 5.69 Å². The molecule has 0 saturated carbocycles. The molecule has 0 aliphatic rings. The molecule has 1 rings (SSSR count). The van der Waals surface area contributed by atoms with Crippen LogP contribution in [0.4, 0.5) is 5.69 Å². The summed E-state index contributed by atoms with van der Waals surface area (Å²) >= 11 is 5.67. The number of anilines is 1. The van der Waals surface area contributed by atoms with Crippen LogP contribution in [0.2, 0.25) is 5.02 Å². The third kappa shape index (κ3) is 1.24. The fourth-order valence-electron chi connectivity index (χ4n) is 0.625. The van der Waals surface area contributed by atoms with Crippen LogP contribution < -0.4 is 10.5 Å². The SMILES string of the molecule is COc1nnc(C#N)c(N)c1Cl. The topological polar surface area (TPSA) is 84.8 Å². The lowest BCUT2D eigenvalue weighted by molar-refractivity contribution is 0.392. The predicted molar refractivity (Wildman–Crippen MR) is 42.7 cm³/mol. The normalized spacial score (nSPS) is 9.08. The minimum atomic E-state index is 0.000741. The number of rotatable bonds is 1. The Morgan fingerprint density at radius 1 is 1.58 bits per heavy atom. The first-order valence-electron chi connectivity index (χ1n) is 2.96. The molecule has 0 atom stereocenters. The van der Waals surface area contributed by atoms with E-state index in [0.29, 0.717) is 0 Å². The van der Waals surface area contributed by atoms with E-state index in [2.05, 4.69) is 10.2 Å². The summed E-state index contributed by atoms with van der Waals surface area (Å²) in [7, 11) is 1.39. The fourth-order valence-corrected chi connectivity index (χ4v) is 0.830. The minimum absolute atomic E-state index is 0.000741. The van der Waals surface area contributed by atoms with Gasteiger partial charge in [0.2, 0.25) is 0 Å². The maximum absolute atomic E-state index is 8.47. The zero-order chi connectivity index (χ0) is 9.14. The molecule has 62 valence electrons. The lowest BCUT2D eigenvalue weighted by Gasteiger charge is -2.02. The molecule has 0 aromatic carbocycles. The second kappa shape index (κ2) is 3.24. The quantitative estimate of drug-likeness (QED) is 0.691. The van der Waals surface area contributed by atoms with Gasteiger partial charge >= 0.3 is 0 Å². The molecule has 0 aliphatic carbocycles. The summed E-state index contributed by atoms with van der Waals surface area (Å²) in [6, 6.07) is 1.75. The highest BCUT2D eigenvalue weighted by Gasteiger charge is 2.11. The second-order valence-electron chi connectivity index (χ2n) is 1.90. The number of ether oxygens (including phenoxy) is 1. The number of halogens is 1. The van der Waals surface area contributed by atoms with Crippen LogP contribution in [-0.4, -0.2) is 17.3 Å². The zero-order valence-electron chi connectivity index (χ0n) is 6.21. The van der Waals surface area contributed by atoms with E-state index < -0.39 is 0 Å². The van der Waals surface area contributed by atoms with Crippen molar-refractivity contribution in [3.05, 3.63) is 10.7 Å². The molecule has 1 heterocycles. The number of aromatic nitrogens is 2. The van der Waals surface area contributed by atoms with Gasteiger partial charge < -0.3 is 10.5 Å². The van der Waals surface area contributed by atoms with Gasteiger partial charge in [-0.3, -0.25) is 0 Å². The fraction of sp³-hybridized carbons (Fsp3) is 0.167.